The van der Waals surface area contributed by atoms with Crippen molar-refractivity contribution in [1.29, 1.82) is 0 Å². The first-order valence-electron chi connectivity index (χ1n) is 9.99. The van der Waals surface area contributed by atoms with Crippen LogP contribution in [0.25, 0.3) is 0 Å². The van der Waals surface area contributed by atoms with E-state index >= 15 is 0 Å². The minimum absolute atomic E-state index is 0.153. The Labute approximate surface area is 165 Å². The maximum absolute atomic E-state index is 14.0. The van der Waals surface area contributed by atoms with Gasteiger partial charge in [-0.2, -0.15) is 0 Å². The van der Waals surface area contributed by atoms with Crippen molar-refractivity contribution in [3.63, 3.8) is 0 Å². The second-order valence-electron chi connectivity index (χ2n) is 7.53. The van der Waals surface area contributed by atoms with Gasteiger partial charge in [-0.3, -0.25) is 4.99 Å². The van der Waals surface area contributed by atoms with Crippen molar-refractivity contribution < 1.29 is 4.39 Å². The number of hydrogen-bond acceptors (Lipinski definition) is 4. The Morgan fingerprint density at radius 1 is 1.21 bits per heavy atom. The summed E-state index contributed by atoms with van der Waals surface area (Å²) in [5.41, 5.74) is 0.687. The lowest BCUT2D eigenvalue weighted by Crippen LogP contribution is -2.53. The number of piperazine rings is 1. The molecule has 7 nitrogen and oxygen atoms in total. The Morgan fingerprint density at radius 2 is 2.00 bits per heavy atom. The number of rotatable bonds is 3. The third-order valence-electron chi connectivity index (χ3n) is 5.76. The fourth-order valence-corrected chi connectivity index (χ4v) is 4.13. The van der Waals surface area contributed by atoms with Gasteiger partial charge in [0, 0.05) is 52.7 Å². The highest BCUT2D eigenvalue weighted by molar-refractivity contribution is 5.80. The van der Waals surface area contributed by atoms with Crippen molar-refractivity contribution in [2.45, 2.75) is 26.3 Å². The Hall–Kier alpha value is -2.64. The molecule has 0 aliphatic carbocycles. The smallest absolute Gasteiger partial charge is 0.193 e. The van der Waals surface area contributed by atoms with Crippen molar-refractivity contribution in [2.75, 3.05) is 44.7 Å². The molecule has 1 aromatic carbocycles. The third-order valence-corrected chi connectivity index (χ3v) is 5.76. The van der Waals surface area contributed by atoms with Crippen LogP contribution in [0.4, 0.5) is 10.1 Å². The largest absolute Gasteiger partial charge is 0.366 e. The molecule has 4 rings (SSSR count). The number of para-hydroxylation sites is 1. The van der Waals surface area contributed by atoms with E-state index in [0.717, 1.165) is 69.7 Å². The highest BCUT2D eigenvalue weighted by Gasteiger charge is 2.24. The Morgan fingerprint density at radius 3 is 2.75 bits per heavy atom. The molecule has 1 unspecified atom stereocenters. The average molecular weight is 385 g/mol. The van der Waals surface area contributed by atoms with E-state index in [1.54, 1.807) is 6.07 Å². The number of anilines is 1. The first kappa shape index (κ1) is 18.7. The normalized spacial score (nSPS) is 20.2. The fourth-order valence-electron chi connectivity index (χ4n) is 4.13. The van der Waals surface area contributed by atoms with Gasteiger partial charge in [0.1, 0.15) is 17.5 Å². The molecule has 8 heteroatoms. The summed E-state index contributed by atoms with van der Waals surface area (Å²) in [4.78, 5) is 8.84. The molecular formula is C20H28FN7. The van der Waals surface area contributed by atoms with E-state index < -0.39 is 0 Å². The molecule has 28 heavy (non-hydrogen) atoms. The first-order valence-corrected chi connectivity index (χ1v) is 9.99. The molecule has 0 amide bonds. The number of halogens is 1. The molecule has 1 N–H and O–H groups in total. The lowest BCUT2D eigenvalue weighted by Gasteiger charge is -2.38. The van der Waals surface area contributed by atoms with Gasteiger partial charge in [-0.1, -0.05) is 12.1 Å². The van der Waals surface area contributed by atoms with Gasteiger partial charge in [0.25, 0.3) is 0 Å². The molecule has 0 radical (unpaired) electrons. The number of aromatic nitrogens is 3. The number of aliphatic imine (C=N–C) groups is 1. The van der Waals surface area contributed by atoms with E-state index in [1.807, 2.05) is 26.1 Å². The number of nitrogens with zero attached hydrogens (tertiary/aromatic N) is 6. The topological polar surface area (TPSA) is 61.6 Å². The van der Waals surface area contributed by atoms with Crippen LogP contribution < -0.4 is 10.2 Å². The number of benzene rings is 1. The third kappa shape index (κ3) is 3.81. The molecule has 1 saturated heterocycles. The van der Waals surface area contributed by atoms with Crippen LogP contribution in [0.15, 0.2) is 29.3 Å². The SMILES string of the molecule is CN=C(NCC1CCc2nnc(C)n2C1)N1CCN(c2ccccc2F)CC1. The quantitative estimate of drug-likeness (QED) is 0.644. The lowest BCUT2D eigenvalue weighted by molar-refractivity contribution is 0.338. The van der Waals surface area contributed by atoms with E-state index in [0.29, 0.717) is 11.6 Å². The molecular weight excluding hydrogens is 357 g/mol. The van der Waals surface area contributed by atoms with Gasteiger partial charge in [0.2, 0.25) is 0 Å². The molecule has 3 heterocycles. The van der Waals surface area contributed by atoms with Crippen molar-refractivity contribution in [3.8, 4) is 0 Å². The van der Waals surface area contributed by atoms with Crippen LogP contribution in [0.1, 0.15) is 18.1 Å². The summed E-state index contributed by atoms with van der Waals surface area (Å²) in [6.07, 6.45) is 2.09. The highest BCUT2D eigenvalue weighted by atomic mass is 19.1. The lowest BCUT2D eigenvalue weighted by atomic mass is 9.99. The molecule has 0 saturated carbocycles. The maximum atomic E-state index is 14.0. The van der Waals surface area contributed by atoms with Crippen molar-refractivity contribution >= 4 is 11.6 Å². The zero-order valence-electron chi connectivity index (χ0n) is 16.6. The standard InChI is InChI=1S/C20H28FN7/c1-15-24-25-19-8-7-16(14-28(15)19)13-23-20(22-2)27-11-9-26(10-12-27)18-6-4-3-5-17(18)21/h3-6,16H,7-14H2,1-2H3,(H,22,23). The number of nitrogens with one attached hydrogen (secondary N) is 1. The van der Waals surface area contributed by atoms with E-state index in [4.69, 9.17) is 0 Å². The van der Waals surface area contributed by atoms with Gasteiger partial charge in [-0.15, -0.1) is 10.2 Å². The zero-order chi connectivity index (χ0) is 19.5. The summed E-state index contributed by atoms with van der Waals surface area (Å²) < 4.78 is 16.3. The summed E-state index contributed by atoms with van der Waals surface area (Å²) in [6.45, 7) is 7.08. The second-order valence-corrected chi connectivity index (χ2v) is 7.53. The minimum Gasteiger partial charge on any atom is -0.366 e. The van der Waals surface area contributed by atoms with E-state index in [1.165, 1.54) is 6.07 Å². The molecule has 1 fully saturated rings. The van der Waals surface area contributed by atoms with E-state index in [9.17, 15) is 4.39 Å². The van der Waals surface area contributed by atoms with Crippen LogP contribution in [0.2, 0.25) is 0 Å². The monoisotopic (exact) mass is 385 g/mol. The Bertz CT molecular complexity index is 839. The van der Waals surface area contributed by atoms with Gasteiger partial charge < -0.3 is 19.7 Å². The Balaban J connectivity index is 1.30. The summed E-state index contributed by atoms with van der Waals surface area (Å²) >= 11 is 0. The molecule has 2 aliphatic rings. The number of guanidine groups is 1. The maximum Gasteiger partial charge on any atom is 0.193 e. The van der Waals surface area contributed by atoms with Crippen LogP contribution in [-0.2, 0) is 13.0 Å². The van der Waals surface area contributed by atoms with Crippen LogP contribution >= 0.6 is 0 Å². The molecule has 1 aromatic heterocycles. The zero-order valence-corrected chi connectivity index (χ0v) is 16.6. The van der Waals surface area contributed by atoms with Crippen LogP contribution in [-0.4, -0.2) is 65.4 Å². The number of fused-ring (bicyclic) bond motifs is 1. The van der Waals surface area contributed by atoms with Crippen LogP contribution in [0, 0.1) is 18.7 Å². The van der Waals surface area contributed by atoms with E-state index in [2.05, 4.69) is 34.9 Å². The van der Waals surface area contributed by atoms with E-state index in [-0.39, 0.29) is 5.82 Å². The second kappa shape index (κ2) is 8.16. The van der Waals surface area contributed by atoms with Gasteiger partial charge in [-0.05, 0) is 31.4 Å². The predicted molar refractivity (Wildman–Crippen MR) is 108 cm³/mol. The molecule has 0 bridgehead atoms. The molecule has 150 valence electrons. The van der Waals surface area contributed by atoms with Crippen molar-refractivity contribution in [3.05, 3.63) is 41.7 Å². The summed E-state index contributed by atoms with van der Waals surface area (Å²) in [6, 6.07) is 6.99. The summed E-state index contributed by atoms with van der Waals surface area (Å²) in [7, 11) is 1.83. The van der Waals surface area contributed by atoms with Gasteiger partial charge in [0.05, 0.1) is 5.69 Å². The highest BCUT2D eigenvalue weighted by Crippen LogP contribution is 2.21. The van der Waals surface area contributed by atoms with Crippen LogP contribution in [0.5, 0.6) is 0 Å². The van der Waals surface area contributed by atoms with Crippen molar-refractivity contribution in [1.82, 2.24) is 25.0 Å². The van der Waals surface area contributed by atoms with Gasteiger partial charge in [0.15, 0.2) is 5.96 Å². The number of hydrogen-bond donors (Lipinski definition) is 1. The summed E-state index contributed by atoms with van der Waals surface area (Å²) in [5, 5.41) is 12.0. The summed E-state index contributed by atoms with van der Waals surface area (Å²) in [5.74, 6) is 3.41. The van der Waals surface area contributed by atoms with Crippen LogP contribution in [0.3, 0.4) is 0 Å². The average Bonchev–Trinajstić information content (AvgIpc) is 3.10. The Kier molecular flexibility index (Phi) is 5.45. The number of aryl methyl sites for hydroxylation is 2. The first-order chi connectivity index (χ1) is 13.7. The van der Waals surface area contributed by atoms with Gasteiger partial charge in [-0.25, -0.2) is 4.39 Å². The van der Waals surface area contributed by atoms with Crippen molar-refractivity contribution in [2.24, 2.45) is 10.9 Å². The fraction of sp³-hybridized carbons (Fsp3) is 0.550. The minimum atomic E-state index is -0.153. The molecule has 1 atom stereocenters. The molecule has 2 aliphatic heterocycles. The molecule has 0 spiro atoms. The predicted octanol–water partition coefficient (Wildman–Crippen LogP) is 1.69. The van der Waals surface area contributed by atoms with Gasteiger partial charge >= 0.3 is 0 Å². The molecule has 2 aromatic rings.